The second kappa shape index (κ2) is 11.2. The number of amides is 1. The normalized spacial score (nSPS) is 15.9. The van der Waals surface area contributed by atoms with Crippen LogP contribution in [-0.2, 0) is 9.59 Å². The Kier molecular flexibility index (Phi) is 7.87. The first-order valence-electron chi connectivity index (χ1n) is 12.1. The fourth-order valence-electron chi connectivity index (χ4n) is 4.79. The van der Waals surface area contributed by atoms with Crippen molar-refractivity contribution >= 4 is 17.6 Å². The lowest BCUT2D eigenvalue weighted by Crippen LogP contribution is -2.32. The molecule has 9 nitrogen and oxygen atoms in total. The summed E-state index contributed by atoms with van der Waals surface area (Å²) in [6, 6.07) is 14.7. The van der Waals surface area contributed by atoms with Crippen LogP contribution in [0.15, 0.2) is 48.5 Å². The Morgan fingerprint density at radius 3 is 2.49 bits per heavy atom. The third-order valence-corrected chi connectivity index (χ3v) is 6.45. The van der Waals surface area contributed by atoms with Crippen LogP contribution in [0.3, 0.4) is 0 Å². The van der Waals surface area contributed by atoms with Gasteiger partial charge in [0.1, 0.15) is 0 Å². The largest absolute Gasteiger partial charge is 0.481 e. The van der Waals surface area contributed by atoms with Gasteiger partial charge in [0.05, 0.1) is 18.5 Å². The van der Waals surface area contributed by atoms with E-state index in [1.807, 2.05) is 60.1 Å². The Hall–Kier alpha value is -3.59. The zero-order valence-corrected chi connectivity index (χ0v) is 20.1. The Morgan fingerprint density at radius 2 is 1.83 bits per heavy atom. The topological polar surface area (TPSA) is 122 Å². The molecule has 1 fully saturated rings. The molecule has 1 aromatic heterocycles. The van der Waals surface area contributed by atoms with Crippen molar-refractivity contribution < 1.29 is 14.7 Å². The number of tetrazole rings is 1. The molecule has 0 spiro atoms. The molecule has 1 heterocycles. The minimum absolute atomic E-state index is 0.0884. The third-order valence-electron chi connectivity index (χ3n) is 6.45. The van der Waals surface area contributed by atoms with Crippen molar-refractivity contribution in [1.29, 1.82) is 0 Å². The van der Waals surface area contributed by atoms with Crippen LogP contribution in [0.2, 0.25) is 0 Å². The van der Waals surface area contributed by atoms with E-state index in [2.05, 4.69) is 26.2 Å². The molecule has 0 saturated heterocycles. The molecule has 1 saturated carbocycles. The van der Waals surface area contributed by atoms with E-state index in [0.29, 0.717) is 11.5 Å². The van der Waals surface area contributed by atoms with E-state index in [0.717, 1.165) is 42.4 Å². The summed E-state index contributed by atoms with van der Waals surface area (Å²) in [6.07, 6.45) is 5.44. The first-order chi connectivity index (χ1) is 16.9. The maximum Gasteiger partial charge on any atom is 0.305 e. The third kappa shape index (κ3) is 6.30. The van der Waals surface area contributed by atoms with Gasteiger partial charge in [-0.3, -0.25) is 14.9 Å². The van der Waals surface area contributed by atoms with Crippen LogP contribution in [0.5, 0.6) is 0 Å². The molecule has 4 rings (SSSR count). The van der Waals surface area contributed by atoms with Gasteiger partial charge in [0.25, 0.3) is 0 Å². The lowest BCUT2D eigenvalue weighted by Gasteiger charge is -2.28. The summed E-state index contributed by atoms with van der Waals surface area (Å²) in [5, 5.41) is 28.8. The maximum atomic E-state index is 11.8. The summed E-state index contributed by atoms with van der Waals surface area (Å²) in [6.45, 7) is 3.46. The van der Waals surface area contributed by atoms with Crippen molar-refractivity contribution in [3.63, 3.8) is 0 Å². The van der Waals surface area contributed by atoms with E-state index < -0.39 is 18.1 Å². The van der Waals surface area contributed by atoms with Crippen LogP contribution >= 0.6 is 0 Å². The number of carbonyl (C=O) groups excluding carboxylic acids is 1. The standard InChI is InChI=1S/C26H32N6O3/c1-17-7-6-8-20(15-17)23(16-24(34)35)28-25(19-11-13-21(14-12-19)27-18(2)33)26-29-30-31-32(26)22-9-4-3-5-10-22/h6-8,11-15,22-23,25,28H,3-5,9-10,16H2,1-2H3,(H,27,33)(H,34,35). The van der Waals surface area contributed by atoms with Crippen molar-refractivity contribution in [2.75, 3.05) is 5.32 Å². The summed E-state index contributed by atoms with van der Waals surface area (Å²) >= 11 is 0. The fraction of sp³-hybridized carbons (Fsp3) is 0.423. The van der Waals surface area contributed by atoms with Gasteiger partial charge in [-0.05, 0) is 53.5 Å². The highest BCUT2D eigenvalue weighted by Crippen LogP contribution is 2.33. The molecular weight excluding hydrogens is 444 g/mol. The average molecular weight is 477 g/mol. The molecule has 0 radical (unpaired) electrons. The van der Waals surface area contributed by atoms with Crippen molar-refractivity contribution in [3.8, 4) is 0 Å². The van der Waals surface area contributed by atoms with Crippen molar-refractivity contribution in [1.82, 2.24) is 25.5 Å². The van der Waals surface area contributed by atoms with Gasteiger partial charge in [-0.15, -0.1) is 5.10 Å². The number of benzene rings is 2. The number of nitrogens with zero attached hydrogens (tertiary/aromatic N) is 4. The van der Waals surface area contributed by atoms with Crippen molar-refractivity contribution in [2.24, 2.45) is 0 Å². The summed E-state index contributed by atoms with van der Waals surface area (Å²) in [7, 11) is 0. The number of carboxylic acids is 1. The molecule has 1 aliphatic rings. The fourth-order valence-corrected chi connectivity index (χ4v) is 4.79. The minimum Gasteiger partial charge on any atom is -0.481 e. The van der Waals surface area contributed by atoms with E-state index in [9.17, 15) is 14.7 Å². The number of aromatic nitrogens is 4. The molecule has 35 heavy (non-hydrogen) atoms. The van der Waals surface area contributed by atoms with Crippen LogP contribution in [0.1, 0.15) is 86.1 Å². The molecule has 0 aliphatic heterocycles. The Labute approximate surface area is 204 Å². The molecule has 9 heteroatoms. The molecule has 0 bridgehead atoms. The van der Waals surface area contributed by atoms with Crippen LogP contribution in [0.4, 0.5) is 5.69 Å². The lowest BCUT2D eigenvalue weighted by molar-refractivity contribution is -0.137. The number of carboxylic acid groups (broad SMARTS) is 1. The molecule has 1 amide bonds. The molecular formula is C26H32N6O3. The van der Waals surface area contributed by atoms with Crippen molar-refractivity contribution in [3.05, 3.63) is 71.0 Å². The molecule has 2 aromatic carbocycles. The molecule has 2 atom stereocenters. The summed E-state index contributed by atoms with van der Waals surface area (Å²) in [5.41, 5.74) is 3.52. The zero-order valence-electron chi connectivity index (χ0n) is 20.1. The number of aryl methyl sites for hydroxylation is 1. The Balaban J connectivity index is 1.73. The predicted molar refractivity (Wildman–Crippen MR) is 132 cm³/mol. The Morgan fingerprint density at radius 1 is 1.09 bits per heavy atom. The predicted octanol–water partition coefficient (Wildman–Crippen LogP) is 4.34. The smallest absolute Gasteiger partial charge is 0.305 e. The molecule has 2 unspecified atom stereocenters. The van der Waals surface area contributed by atoms with Gasteiger partial charge in [-0.1, -0.05) is 61.2 Å². The minimum atomic E-state index is -0.893. The summed E-state index contributed by atoms with van der Waals surface area (Å²) < 4.78 is 1.91. The molecule has 1 aliphatic carbocycles. The first kappa shape index (κ1) is 24.5. The Bertz CT molecular complexity index is 1150. The van der Waals surface area contributed by atoms with Gasteiger partial charge in [0, 0.05) is 18.7 Å². The molecule has 3 aromatic rings. The van der Waals surface area contributed by atoms with Gasteiger partial charge in [-0.2, -0.15) is 0 Å². The number of nitrogens with one attached hydrogen (secondary N) is 2. The van der Waals surface area contributed by atoms with Crippen molar-refractivity contribution in [2.45, 2.75) is 70.5 Å². The van der Waals surface area contributed by atoms with Crippen LogP contribution in [0, 0.1) is 6.92 Å². The van der Waals surface area contributed by atoms with E-state index in [1.54, 1.807) is 0 Å². The first-order valence-corrected chi connectivity index (χ1v) is 12.1. The van der Waals surface area contributed by atoms with Gasteiger partial charge >= 0.3 is 5.97 Å². The highest BCUT2D eigenvalue weighted by Gasteiger charge is 2.29. The van der Waals surface area contributed by atoms with Crippen LogP contribution < -0.4 is 10.6 Å². The molecule has 3 N–H and O–H groups in total. The van der Waals surface area contributed by atoms with Gasteiger partial charge in [0.15, 0.2) is 5.82 Å². The number of aliphatic carboxylic acids is 1. The van der Waals surface area contributed by atoms with E-state index >= 15 is 0 Å². The van der Waals surface area contributed by atoms with E-state index in [4.69, 9.17) is 0 Å². The number of rotatable bonds is 9. The van der Waals surface area contributed by atoms with Gasteiger partial charge in [-0.25, -0.2) is 4.68 Å². The highest BCUT2D eigenvalue weighted by atomic mass is 16.4. The number of anilines is 1. The molecule has 184 valence electrons. The summed E-state index contributed by atoms with van der Waals surface area (Å²) in [5.74, 6) is -0.377. The zero-order chi connectivity index (χ0) is 24.8. The highest BCUT2D eigenvalue weighted by molar-refractivity contribution is 5.88. The number of hydrogen-bond acceptors (Lipinski definition) is 6. The van der Waals surface area contributed by atoms with Gasteiger partial charge in [0.2, 0.25) is 5.91 Å². The van der Waals surface area contributed by atoms with Gasteiger partial charge < -0.3 is 10.4 Å². The monoisotopic (exact) mass is 476 g/mol. The quantitative estimate of drug-likeness (QED) is 0.420. The number of carbonyl (C=O) groups is 2. The van der Waals surface area contributed by atoms with Crippen LogP contribution in [-0.4, -0.2) is 37.2 Å². The maximum absolute atomic E-state index is 11.8. The van der Waals surface area contributed by atoms with E-state index in [1.165, 1.54) is 13.3 Å². The van der Waals surface area contributed by atoms with Crippen LogP contribution in [0.25, 0.3) is 0 Å². The summed E-state index contributed by atoms with van der Waals surface area (Å²) in [4.78, 5) is 23.3. The average Bonchev–Trinajstić information content (AvgIpc) is 3.32. The second-order valence-electron chi connectivity index (χ2n) is 9.24. The second-order valence-corrected chi connectivity index (χ2v) is 9.24. The number of hydrogen-bond donors (Lipinski definition) is 3. The lowest BCUT2D eigenvalue weighted by atomic mass is 9.94. The SMILES string of the molecule is CC(=O)Nc1ccc(C(NC(CC(=O)O)c2cccc(C)c2)c2nnnn2C2CCCCC2)cc1. The van der Waals surface area contributed by atoms with E-state index in [-0.39, 0.29) is 18.4 Å².